The second-order valence-corrected chi connectivity index (χ2v) is 6.29. The van der Waals surface area contributed by atoms with Crippen molar-refractivity contribution in [2.75, 3.05) is 32.8 Å². The Kier molecular flexibility index (Phi) is 6.03. The molecule has 1 fully saturated rings. The summed E-state index contributed by atoms with van der Waals surface area (Å²) in [5, 5.41) is 4.22. The number of hydrogen-bond donors (Lipinski definition) is 0. The number of carbonyl (C=O) groups is 2. The SMILES string of the molecule is CCOC(=O)N1CCN(C(=O)Cn2nc(-c3ccc(F)cc3)ccc2=O)CC1. The number of carbonyl (C=O) groups excluding carboxylic acids is 2. The zero-order chi connectivity index (χ0) is 20.1. The molecule has 2 amide bonds. The number of piperazine rings is 1. The van der Waals surface area contributed by atoms with Crippen LogP contribution in [0.4, 0.5) is 9.18 Å². The quantitative estimate of drug-likeness (QED) is 0.789. The number of amides is 2. The summed E-state index contributed by atoms with van der Waals surface area (Å²) in [6.45, 7) is 3.33. The minimum absolute atomic E-state index is 0.201. The van der Waals surface area contributed by atoms with Gasteiger partial charge in [0.15, 0.2) is 0 Å². The predicted molar refractivity (Wildman–Crippen MR) is 99.1 cm³/mol. The second kappa shape index (κ2) is 8.64. The highest BCUT2D eigenvalue weighted by atomic mass is 19.1. The van der Waals surface area contributed by atoms with Gasteiger partial charge in [0.25, 0.3) is 5.56 Å². The molecule has 2 aromatic rings. The minimum atomic E-state index is -0.399. The number of ether oxygens (including phenoxy) is 1. The summed E-state index contributed by atoms with van der Waals surface area (Å²) in [5.74, 6) is -0.622. The molecule has 0 atom stereocenters. The van der Waals surface area contributed by atoms with Gasteiger partial charge in [-0.1, -0.05) is 0 Å². The molecule has 1 aliphatic rings. The highest BCUT2D eigenvalue weighted by Crippen LogP contribution is 2.15. The average molecular weight is 388 g/mol. The van der Waals surface area contributed by atoms with Gasteiger partial charge in [0.2, 0.25) is 5.91 Å². The number of rotatable bonds is 4. The molecule has 0 saturated carbocycles. The highest BCUT2D eigenvalue weighted by Gasteiger charge is 2.25. The van der Waals surface area contributed by atoms with Crippen molar-refractivity contribution in [1.29, 1.82) is 0 Å². The van der Waals surface area contributed by atoms with Gasteiger partial charge in [0.05, 0.1) is 12.3 Å². The van der Waals surface area contributed by atoms with Crippen molar-refractivity contribution in [2.24, 2.45) is 0 Å². The molecule has 2 heterocycles. The largest absolute Gasteiger partial charge is 0.450 e. The van der Waals surface area contributed by atoms with Crippen LogP contribution < -0.4 is 5.56 Å². The molecule has 0 unspecified atom stereocenters. The third-order valence-corrected chi connectivity index (χ3v) is 4.45. The normalized spacial score (nSPS) is 14.1. The monoisotopic (exact) mass is 388 g/mol. The molecule has 148 valence electrons. The van der Waals surface area contributed by atoms with Crippen LogP contribution in [0.25, 0.3) is 11.3 Å². The van der Waals surface area contributed by atoms with Gasteiger partial charge in [-0.2, -0.15) is 5.10 Å². The standard InChI is InChI=1S/C19H21FN4O4/c1-2-28-19(27)23-11-9-22(10-12-23)18(26)13-24-17(25)8-7-16(21-24)14-3-5-15(20)6-4-14/h3-8H,2,9-13H2,1H3. The summed E-state index contributed by atoms with van der Waals surface area (Å²) in [7, 11) is 0. The molecule has 28 heavy (non-hydrogen) atoms. The summed E-state index contributed by atoms with van der Waals surface area (Å²) in [5.41, 5.74) is 0.717. The molecule has 0 N–H and O–H groups in total. The zero-order valence-corrected chi connectivity index (χ0v) is 15.5. The van der Waals surface area contributed by atoms with Crippen LogP contribution >= 0.6 is 0 Å². The number of nitrogens with zero attached hydrogens (tertiary/aromatic N) is 4. The van der Waals surface area contributed by atoms with Crippen LogP contribution in [0, 0.1) is 5.82 Å². The molecule has 1 aliphatic heterocycles. The Hall–Kier alpha value is -3.23. The van der Waals surface area contributed by atoms with Crippen LogP contribution in [-0.4, -0.2) is 64.4 Å². The van der Waals surface area contributed by atoms with Crippen LogP contribution in [0.3, 0.4) is 0 Å². The van der Waals surface area contributed by atoms with Gasteiger partial charge in [-0.15, -0.1) is 0 Å². The molecule has 0 aliphatic carbocycles. The zero-order valence-electron chi connectivity index (χ0n) is 15.5. The molecule has 9 heteroatoms. The third-order valence-electron chi connectivity index (χ3n) is 4.45. The number of benzene rings is 1. The van der Waals surface area contributed by atoms with Crippen LogP contribution in [-0.2, 0) is 16.1 Å². The van der Waals surface area contributed by atoms with E-state index in [2.05, 4.69) is 5.10 Å². The van der Waals surface area contributed by atoms with E-state index >= 15 is 0 Å². The molecular weight excluding hydrogens is 367 g/mol. The summed E-state index contributed by atoms with van der Waals surface area (Å²) in [6.07, 6.45) is -0.389. The van der Waals surface area contributed by atoms with Crippen molar-refractivity contribution >= 4 is 12.0 Å². The predicted octanol–water partition coefficient (Wildman–Crippen LogP) is 1.35. The van der Waals surface area contributed by atoms with Crippen molar-refractivity contribution < 1.29 is 18.7 Å². The fourth-order valence-electron chi connectivity index (χ4n) is 2.92. The van der Waals surface area contributed by atoms with Gasteiger partial charge >= 0.3 is 6.09 Å². The Bertz CT molecular complexity index is 905. The second-order valence-electron chi connectivity index (χ2n) is 6.29. The fraction of sp³-hybridized carbons (Fsp3) is 0.368. The van der Waals surface area contributed by atoms with Gasteiger partial charge in [0, 0.05) is 37.8 Å². The Morgan fingerprint density at radius 2 is 1.68 bits per heavy atom. The lowest BCUT2D eigenvalue weighted by Gasteiger charge is -2.34. The summed E-state index contributed by atoms with van der Waals surface area (Å²) < 4.78 is 19.1. The van der Waals surface area contributed by atoms with Crippen LogP contribution in [0.1, 0.15) is 6.92 Å². The number of hydrogen-bond acceptors (Lipinski definition) is 5. The van der Waals surface area contributed by atoms with Crippen LogP contribution in [0.5, 0.6) is 0 Å². The van der Waals surface area contributed by atoms with Crippen molar-refractivity contribution in [2.45, 2.75) is 13.5 Å². The lowest BCUT2D eigenvalue weighted by atomic mass is 10.1. The maximum absolute atomic E-state index is 13.1. The lowest BCUT2D eigenvalue weighted by Crippen LogP contribution is -2.51. The maximum atomic E-state index is 13.1. The molecule has 1 aromatic carbocycles. The molecule has 0 spiro atoms. The number of halogens is 1. The van der Waals surface area contributed by atoms with E-state index in [1.54, 1.807) is 28.9 Å². The van der Waals surface area contributed by atoms with Crippen molar-refractivity contribution in [3.05, 3.63) is 52.6 Å². The van der Waals surface area contributed by atoms with E-state index in [9.17, 15) is 18.8 Å². The van der Waals surface area contributed by atoms with Crippen molar-refractivity contribution in [3.63, 3.8) is 0 Å². The van der Waals surface area contributed by atoms with E-state index in [1.807, 2.05) is 0 Å². The van der Waals surface area contributed by atoms with Crippen molar-refractivity contribution in [3.8, 4) is 11.3 Å². The smallest absolute Gasteiger partial charge is 0.409 e. The Balaban J connectivity index is 1.66. The van der Waals surface area contributed by atoms with E-state index in [1.165, 1.54) is 24.3 Å². The average Bonchev–Trinajstić information content (AvgIpc) is 2.70. The van der Waals surface area contributed by atoms with E-state index < -0.39 is 5.56 Å². The first-order chi connectivity index (χ1) is 13.5. The molecule has 3 rings (SSSR count). The van der Waals surface area contributed by atoms with Crippen LogP contribution in [0.2, 0.25) is 0 Å². The maximum Gasteiger partial charge on any atom is 0.409 e. The summed E-state index contributed by atoms with van der Waals surface area (Å²) in [6, 6.07) is 8.60. The Morgan fingerprint density at radius 1 is 1.04 bits per heavy atom. The highest BCUT2D eigenvalue weighted by molar-refractivity contribution is 5.76. The molecule has 0 bridgehead atoms. The van der Waals surface area contributed by atoms with E-state index in [0.717, 1.165) is 4.68 Å². The first-order valence-corrected chi connectivity index (χ1v) is 9.01. The lowest BCUT2D eigenvalue weighted by molar-refractivity contribution is -0.133. The van der Waals surface area contributed by atoms with E-state index in [0.29, 0.717) is 44.0 Å². The molecule has 8 nitrogen and oxygen atoms in total. The first-order valence-electron chi connectivity index (χ1n) is 9.01. The topological polar surface area (TPSA) is 84.7 Å². The van der Waals surface area contributed by atoms with Crippen molar-refractivity contribution in [1.82, 2.24) is 19.6 Å². The van der Waals surface area contributed by atoms with E-state index in [-0.39, 0.29) is 24.4 Å². The molecule has 0 radical (unpaired) electrons. The Labute approximate surface area is 161 Å². The summed E-state index contributed by atoms with van der Waals surface area (Å²) in [4.78, 5) is 39.5. The van der Waals surface area contributed by atoms with Gasteiger partial charge in [-0.05, 0) is 37.3 Å². The fourth-order valence-corrected chi connectivity index (χ4v) is 2.92. The molecular formula is C19H21FN4O4. The Morgan fingerprint density at radius 3 is 2.32 bits per heavy atom. The van der Waals surface area contributed by atoms with E-state index in [4.69, 9.17) is 4.74 Å². The minimum Gasteiger partial charge on any atom is -0.450 e. The van der Waals surface area contributed by atoms with Crippen LogP contribution in [0.15, 0.2) is 41.2 Å². The molecule has 1 aromatic heterocycles. The number of aromatic nitrogens is 2. The first kappa shape index (κ1) is 19.5. The van der Waals surface area contributed by atoms with Gasteiger partial charge in [-0.3, -0.25) is 9.59 Å². The summed E-state index contributed by atoms with van der Waals surface area (Å²) >= 11 is 0. The third kappa shape index (κ3) is 4.54. The van der Waals surface area contributed by atoms with Gasteiger partial charge in [0.1, 0.15) is 12.4 Å². The van der Waals surface area contributed by atoms with Gasteiger partial charge < -0.3 is 14.5 Å². The van der Waals surface area contributed by atoms with Gasteiger partial charge in [-0.25, -0.2) is 13.9 Å². The molecule has 1 saturated heterocycles.